The minimum absolute atomic E-state index is 0.116. The molecule has 0 spiro atoms. The number of nitrogens with two attached hydrogens (primary N) is 1. The van der Waals surface area contributed by atoms with Crippen LogP contribution in [0.1, 0.15) is 17.2 Å². The van der Waals surface area contributed by atoms with Crippen LogP contribution in [0, 0.1) is 6.92 Å². The Morgan fingerprint density at radius 1 is 1.39 bits per heavy atom. The first-order valence-corrected chi connectivity index (χ1v) is 6.82. The van der Waals surface area contributed by atoms with E-state index in [1.54, 1.807) is 16.4 Å². The molecule has 1 atom stereocenters. The van der Waals surface area contributed by atoms with Gasteiger partial charge in [-0.05, 0) is 19.1 Å². The monoisotopic (exact) mass is 262 g/mol. The Morgan fingerprint density at radius 2 is 2.11 bits per heavy atom. The summed E-state index contributed by atoms with van der Waals surface area (Å²) < 4.78 is 1.79. The van der Waals surface area contributed by atoms with Crippen LogP contribution in [-0.4, -0.2) is 15.5 Å². The van der Waals surface area contributed by atoms with Crippen LogP contribution in [0.15, 0.2) is 41.6 Å². The van der Waals surface area contributed by atoms with Crippen molar-refractivity contribution in [2.45, 2.75) is 17.9 Å². The lowest BCUT2D eigenvalue weighted by Gasteiger charge is -2.13. The van der Waals surface area contributed by atoms with Crippen molar-refractivity contribution in [2.24, 2.45) is 12.9 Å². The summed E-state index contributed by atoms with van der Waals surface area (Å²) in [6.45, 7) is 2.09. The molecule has 4 nitrogen and oxygen atoms in total. The second-order valence-electron chi connectivity index (χ2n) is 4.29. The Hall–Kier alpha value is -1.30. The number of aryl methyl sites for hydroxylation is 2. The highest BCUT2D eigenvalue weighted by molar-refractivity contribution is 7.99. The zero-order chi connectivity index (χ0) is 13.0. The number of nitrogens with one attached hydrogen (secondary N) is 1. The molecule has 0 aliphatic carbocycles. The maximum Gasteiger partial charge on any atom is 0.0584 e. The van der Waals surface area contributed by atoms with Gasteiger partial charge in [-0.3, -0.25) is 16.0 Å². The predicted molar refractivity (Wildman–Crippen MR) is 75.2 cm³/mol. The summed E-state index contributed by atoms with van der Waals surface area (Å²) >= 11 is 1.79. The molecule has 0 amide bonds. The van der Waals surface area contributed by atoms with E-state index in [1.807, 2.05) is 19.4 Å². The van der Waals surface area contributed by atoms with Crippen molar-refractivity contribution in [1.82, 2.24) is 15.2 Å². The first-order valence-electron chi connectivity index (χ1n) is 5.83. The molecule has 0 radical (unpaired) electrons. The van der Waals surface area contributed by atoms with E-state index in [0.29, 0.717) is 0 Å². The summed E-state index contributed by atoms with van der Waals surface area (Å²) in [4.78, 5) is 1.25. The number of hydrogen-bond donors (Lipinski definition) is 2. The maximum atomic E-state index is 5.60. The van der Waals surface area contributed by atoms with E-state index in [9.17, 15) is 0 Å². The molecule has 1 heterocycles. The Kier molecular flexibility index (Phi) is 4.41. The molecule has 1 aromatic carbocycles. The lowest BCUT2D eigenvalue weighted by Crippen LogP contribution is -2.29. The second kappa shape index (κ2) is 6.04. The molecular formula is C13H18N4S. The van der Waals surface area contributed by atoms with E-state index in [2.05, 4.69) is 41.7 Å². The van der Waals surface area contributed by atoms with Crippen molar-refractivity contribution in [1.29, 1.82) is 0 Å². The molecule has 2 rings (SSSR count). The topological polar surface area (TPSA) is 55.9 Å². The molecule has 0 aliphatic heterocycles. The zero-order valence-corrected chi connectivity index (χ0v) is 11.4. The first kappa shape index (κ1) is 13.1. The fraction of sp³-hybridized carbons (Fsp3) is 0.308. The number of thioether (sulfide) groups is 1. The molecule has 18 heavy (non-hydrogen) atoms. The van der Waals surface area contributed by atoms with E-state index in [1.165, 1.54) is 10.5 Å². The van der Waals surface area contributed by atoms with Gasteiger partial charge in [0, 0.05) is 29.5 Å². The van der Waals surface area contributed by atoms with Crippen molar-refractivity contribution in [3.8, 4) is 0 Å². The fourth-order valence-corrected chi connectivity index (χ4v) is 2.65. The van der Waals surface area contributed by atoms with Gasteiger partial charge in [-0.1, -0.05) is 17.7 Å². The summed E-state index contributed by atoms with van der Waals surface area (Å²) in [7, 11) is 1.91. The summed E-state index contributed by atoms with van der Waals surface area (Å²) in [6, 6.07) is 8.63. The largest absolute Gasteiger partial charge is 0.275 e. The lowest BCUT2D eigenvalue weighted by atomic mass is 10.2. The molecular weight excluding hydrogens is 244 g/mol. The number of nitrogens with zero attached hydrogens (tertiary/aromatic N) is 2. The Labute approximate surface area is 112 Å². The highest BCUT2D eigenvalue weighted by atomic mass is 32.2. The summed E-state index contributed by atoms with van der Waals surface area (Å²) in [5.74, 6) is 6.48. The molecule has 0 saturated heterocycles. The highest BCUT2D eigenvalue weighted by Gasteiger charge is 2.11. The summed E-state index contributed by atoms with van der Waals surface area (Å²) in [5.41, 5.74) is 5.23. The summed E-state index contributed by atoms with van der Waals surface area (Å²) in [6.07, 6.45) is 3.83. The van der Waals surface area contributed by atoms with Gasteiger partial charge in [0.1, 0.15) is 0 Å². The predicted octanol–water partition coefficient (Wildman–Crippen LogP) is 2.03. The molecule has 0 bridgehead atoms. The van der Waals surface area contributed by atoms with Crippen molar-refractivity contribution in [3.05, 3.63) is 47.8 Å². The minimum Gasteiger partial charge on any atom is -0.275 e. The molecule has 0 aliphatic rings. The number of hydrogen-bond acceptors (Lipinski definition) is 4. The van der Waals surface area contributed by atoms with Crippen molar-refractivity contribution in [2.75, 3.05) is 5.75 Å². The van der Waals surface area contributed by atoms with Crippen LogP contribution < -0.4 is 11.3 Å². The van der Waals surface area contributed by atoms with E-state index in [4.69, 9.17) is 5.84 Å². The average molecular weight is 262 g/mol. The van der Waals surface area contributed by atoms with E-state index >= 15 is 0 Å². The van der Waals surface area contributed by atoms with Crippen LogP contribution in [0.5, 0.6) is 0 Å². The van der Waals surface area contributed by atoms with Gasteiger partial charge in [-0.25, -0.2) is 0 Å². The fourth-order valence-electron chi connectivity index (χ4n) is 1.67. The lowest BCUT2D eigenvalue weighted by molar-refractivity contribution is 0.610. The van der Waals surface area contributed by atoms with Crippen LogP contribution in [-0.2, 0) is 7.05 Å². The Bertz CT molecular complexity index is 492. The van der Waals surface area contributed by atoms with Gasteiger partial charge in [-0.15, -0.1) is 11.8 Å². The van der Waals surface area contributed by atoms with Crippen LogP contribution in [0.25, 0.3) is 0 Å². The molecule has 2 aromatic rings. The number of benzene rings is 1. The van der Waals surface area contributed by atoms with E-state index < -0.39 is 0 Å². The van der Waals surface area contributed by atoms with Gasteiger partial charge in [0.25, 0.3) is 0 Å². The van der Waals surface area contributed by atoms with Gasteiger partial charge in [0.05, 0.1) is 12.2 Å². The van der Waals surface area contributed by atoms with E-state index in [0.717, 1.165) is 11.3 Å². The average Bonchev–Trinajstić information content (AvgIpc) is 2.79. The second-order valence-corrected chi connectivity index (χ2v) is 5.38. The van der Waals surface area contributed by atoms with Crippen molar-refractivity contribution >= 4 is 11.8 Å². The smallest absolute Gasteiger partial charge is 0.0584 e. The molecule has 0 saturated carbocycles. The van der Waals surface area contributed by atoms with Crippen molar-refractivity contribution < 1.29 is 0 Å². The third kappa shape index (κ3) is 3.35. The Balaban J connectivity index is 1.97. The van der Waals surface area contributed by atoms with Gasteiger partial charge >= 0.3 is 0 Å². The van der Waals surface area contributed by atoms with Gasteiger partial charge in [0.2, 0.25) is 0 Å². The highest BCUT2D eigenvalue weighted by Crippen LogP contribution is 2.24. The molecule has 0 fully saturated rings. The van der Waals surface area contributed by atoms with Gasteiger partial charge in [0.15, 0.2) is 0 Å². The quantitative estimate of drug-likeness (QED) is 0.492. The SMILES string of the molecule is Cc1ccc(SCC(NN)c2cnn(C)c2)cc1. The standard InChI is InChI=1S/C13H18N4S/c1-10-3-5-12(6-4-10)18-9-13(16-14)11-7-15-17(2)8-11/h3-8,13,16H,9,14H2,1-2H3. The van der Waals surface area contributed by atoms with Crippen LogP contribution in [0.2, 0.25) is 0 Å². The third-order valence-corrected chi connectivity index (χ3v) is 3.87. The van der Waals surface area contributed by atoms with E-state index in [-0.39, 0.29) is 6.04 Å². The first-order chi connectivity index (χ1) is 8.69. The van der Waals surface area contributed by atoms with Gasteiger partial charge < -0.3 is 0 Å². The molecule has 5 heteroatoms. The number of aromatic nitrogens is 2. The normalized spacial score (nSPS) is 12.6. The molecule has 1 unspecified atom stereocenters. The molecule has 1 aromatic heterocycles. The Morgan fingerprint density at radius 3 is 2.67 bits per heavy atom. The molecule has 3 N–H and O–H groups in total. The third-order valence-electron chi connectivity index (χ3n) is 2.77. The van der Waals surface area contributed by atoms with Crippen LogP contribution in [0.4, 0.5) is 0 Å². The van der Waals surface area contributed by atoms with Crippen molar-refractivity contribution in [3.63, 3.8) is 0 Å². The number of hydrazine groups is 1. The maximum absolute atomic E-state index is 5.60. The minimum atomic E-state index is 0.116. The summed E-state index contributed by atoms with van der Waals surface area (Å²) in [5, 5.41) is 4.16. The van der Waals surface area contributed by atoms with Crippen LogP contribution in [0.3, 0.4) is 0 Å². The number of rotatable bonds is 5. The molecule has 96 valence electrons. The van der Waals surface area contributed by atoms with Gasteiger partial charge in [-0.2, -0.15) is 5.10 Å². The zero-order valence-electron chi connectivity index (χ0n) is 10.6. The van der Waals surface area contributed by atoms with Crippen LogP contribution >= 0.6 is 11.8 Å².